The molecule has 3 rings (SSSR count). The minimum atomic E-state index is -0.166. The van der Waals surface area contributed by atoms with Crippen molar-refractivity contribution in [2.45, 2.75) is 19.4 Å². The molecule has 1 aliphatic carbocycles. The largest absolute Gasteiger partial charge is 0.275 e. The summed E-state index contributed by atoms with van der Waals surface area (Å²) in [6.07, 6.45) is 0.763. The van der Waals surface area contributed by atoms with Gasteiger partial charge in [0.05, 0.1) is 17.9 Å². The van der Waals surface area contributed by atoms with Crippen molar-refractivity contribution in [3.63, 3.8) is 0 Å². The van der Waals surface area contributed by atoms with Crippen molar-refractivity contribution in [3.8, 4) is 0 Å². The van der Waals surface area contributed by atoms with Gasteiger partial charge < -0.3 is 0 Å². The van der Waals surface area contributed by atoms with Gasteiger partial charge in [-0.15, -0.1) is 0 Å². The van der Waals surface area contributed by atoms with Crippen LogP contribution in [0.25, 0.3) is 0 Å². The van der Waals surface area contributed by atoms with Gasteiger partial charge in [0, 0.05) is 4.47 Å². The lowest BCUT2D eigenvalue weighted by Gasteiger charge is -2.24. The van der Waals surface area contributed by atoms with Gasteiger partial charge in [-0.2, -0.15) is 0 Å². The standard InChI is InChI=1S/C13H12BrNO2/c1-7(8-3-2-4-9(14)5-8)15-12(16)10-6-11(10)13(15)17/h2-5,7,10-11H,6H2,1H3. The van der Waals surface area contributed by atoms with Gasteiger partial charge in [-0.25, -0.2) is 0 Å². The number of hydrogen-bond donors (Lipinski definition) is 0. The van der Waals surface area contributed by atoms with Crippen LogP contribution in [0.1, 0.15) is 24.9 Å². The number of carbonyl (C=O) groups excluding carboxylic acids is 2. The monoisotopic (exact) mass is 293 g/mol. The summed E-state index contributed by atoms with van der Waals surface area (Å²) in [7, 11) is 0. The van der Waals surface area contributed by atoms with Crippen LogP contribution < -0.4 is 0 Å². The van der Waals surface area contributed by atoms with Crippen molar-refractivity contribution < 1.29 is 9.59 Å². The predicted octanol–water partition coefficient (Wildman–Crippen LogP) is 2.52. The summed E-state index contributed by atoms with van der Waals surface area (Å²) in [4.78, 5) is 25.3. The van der Waals surface area contributed by atoms with E-state index in [2.05, 4.69) is 15.9 Å². The Morgan fingerprint density at radius 1 is 1.29 bits per heavy atom. The van der Waals surface area contributed by atoms with Crippen LogP contribution in [0.4, 0.5) is 0 Å². The molecule has 2 fully saturated rings. The SMILES string of the molecule is CC(c1cccc(Br)c1)N1C(=O)C2CC2C1=O. The van der Waals surface area contributed by atoms with Crippen molar-refractivity contribution in [1.82, 2.24) is 4.90 Å². The molecule has 88 valence electrons. The van der Waals surface area contributed by atoms with Crippen LogP contribution >= 0.6 is 15.9 Å². The third-order valence-corrected chi connectivity index (χ3v) is 4.11. The number of benzene rings is 1. The minimum Gasteiger partial charge on any atom is -0.275 e. The fraction of sp³-hybridized carbons (Fsp3) is 0.385. The Morgan fingerprint density at radius 2 is 1.94 bits per heavy atom. The number of likely N-dealkylation sites (tertiary alicyclic amines) is 1. The molecular weight excluding hydrogens is 282 g/mol. The van der Waals surface area contributed by atoms with Crippen LogP contribution in [0.5, 0.6) is 0 Å². The molecule has 1 aromatic rings. The average Bonchev–Trinajstić information content (AvgIpc) is 3.04. The number of amides is 2. The van der Waals surface area contributed by atoms with E-state index in [4.69, 9.17) is 0 Å². The Balaban J connectivity index is 1.90. The van der Waals surface area contributed by atoms with E-state index < -0.39 is 0 Å². The van der Waals surface area contributed by atoms with Crippen LogP contribution in [0.15, 0.2) is 28.7 Å². The number of imide groups is 1. The number of nitrogens with zero attached hydrogens (tertiary/aromatic N) is 1. The number of fused-ring (bicyclic) bond motifs is 1. The zero-order chi connectivity index (χ0) is 12.2. The lowest BCUT2D eigenvalue weighted by molar-refractivity contribution is -0.143. The van der Waals surface area contributed by atoms with E-state index in [-0.39, 0.29) is 29.7 Å². The van der Waals surface area contributed by atoms with Crippen LogP contribution in [0, 0.1) is 11.8 Å². The molecule has 3 unspecified atom stereocenters. The minimum absolute atomic E-state index is 0.00692. The summed E-state index contributed by atoms with van der Waals surface area (Å²) in [6, 6.07) is 7.58. The van der Waals surface area contributed by atoms with Gasteiger partial charge in [0.15, 0.2) is 0 Å². The van der Waals surface area contributed by atoms with Crippen molar-refractivity contribution in [1.29, 1.82) is 0 Å². The van der Waals surface area contributed by atoms with Crippen molar-refractivity contribution in [2.75, 3.05) is 0 Å². The Bertz CT molecular complexity index is 494. The predicted molar refractivity (Wildman–Crippen MR) is 66.0 cm³/mol. The van der Waals surface area contributed by atoms with E-state index in [0.29, 0.717) is 0 Å². The molecule has 2 amide bonds. The molecule has 1 aliphatic heterocycles. The Morgan fingerprint density at radius 3 is 2.53 bits per heavy atom. The van der Waals surface area contributed by atoms with E-state index >= 15 is 0 Å². The second kappa shape index (κ2) is 3.67. The van der Waals surface area contributed by atoms with E-state index in [1.165, 1.54) is 4.90 Å². The molecule has 2 aliphatic rings. The highest BCUT2D eigenvalue weighted by Crippen LogP contribution is 2.49. The second-order valence-corrected chi connectivity index (χ2v) is 5.64. The first kappa shape index (κ1) is 11.0. The summed E-state index contributed by atoms with van der Waals surface area (Å²) in [5, 5.41) is 0. The van der Waals surface area contributed by atoms with Gasteiger partial charge >= 0.3 is 0 Å². The fourth-order valence-corrected chi connectivity index (χ4v) is 2.92. The molecule has 1 aromatic carbocycles. The van der Waals surface area contributed by atoms with Crippen LogP contribution in [0.3, 0.4) is 0 Å². The third kappa shape index (κ3) is 1.62. The highest BCUT2D eigenvalue weighted by Gasteiger charge is 2.59. The first-order valence-electron chi connectivity index (χ1n) is 5.72. The summed E-state index contributed by atoms with van der Waals surface area (Å²) in [6.45, 7) is 1.91. The molecule has 0 aromatic heterocycles. The molecule has 1 saturated carbocycles. The first-order chi connectivity index (χ1) is 8.09. The Hall–Kier alpha value is -1.16. The zero-order valence-electron chi connectivity index (χ0n) is 9.39. The molecule has 4 heteroatoms. The summed E-state index contributed by atoms with van der Waals surface area (Å²) >= 11 is 3.40. The molecule has 0 bridgehead atoms. The number of rotatable bonds is 2. The molecule has 0 radical (unpaired) electrons. The molecule has 3 nitrogen and oxygen atoms in total. The average molecular weight is 294 g/mol. The zero-order valence-corrected chi connectivity index (χ0v) is 11.0. The van der Waals surface area contributed by atoms with Gasteiger partial charge in [-0.3, -0.25) is 14.5 Å². The highest BCUT2D eigenvalue weighted by atomic mass is 79.9. The van der Waals surface area contributed by atoms with Crippen LogP contribution in [0.2, 0.25) is 0 Å². The van der Waals surface area contributed by atoms with Gasteiger partial charge in [0.1, 0.15) is 0 Å². The summed E-state index contributed by atoms with van der Waals surface area (Å²) in [5.41, 5.74) is 0.988. The van der Waals surface area contributed by atoms with Crippen molar-refractivity contribution in [2.24, 2.45) is 11.8 Å². The highest BCUT2D eigenvalue weighted by molar-refractivity contribution is 9.10. The van der Waals surface area contributed by atoms with E-state index in [9.17, 15) is 9.59 Å². The van der Waals surface area contributed by atoms with Crippen molar-refractivity contribution >= 4 is 27.7 Å². The van der Waals surface area contributed by atoms with Crippen LogP contribution in [-0.2, 0) is 9.59 Å². The van der Waals surface area contributed by atoms with Crippen molar-refractivity contribution in [3.05, 3.63) is 34.3 Å². The maximum atomic E-state index is 12.0. The van der Waals surface area contributed by atoms with Gasteiger partial charge in [-0.1, -0.05) is 28.1 Å². The van der Waals surface area contributed by atoms with Gasteiger partial charge in [0.25, 0.3) is 0 Å². The Kier molecular flexibility index (Phi) is 2.36. The smallest absolute Gasteiger partial charge is 0.233 e. The number of hydrogen-bond acceptors (Lipinski definition) is 2. The third-order valence-electron chi connectivity index (χ3n) is 3.62. The summed E-state index contributed by atoms with van der Waals surface area (Å²) < 4.78 is 0.964. The van der Waals surface area contributed by atoms with Gasteiger partial charge in [0.2, 0.25) is 11.8 Å². The maximum absolute atomic E-state index is 12.0. The number of piperidine rings is 1. The van der Waals surface area contributed by atoms with E-state index in [0.717, 1.165) is 16.5 Å². The molecule has 0 spiro atoms. The maximum Gasteiger partial charge on any atom is 0.233 e. The topological polar surface area (TPSA) is 37.4 Å². The Labute approximate surface area is 108 Å². The summed E-state index contributed by atoms with van der Waals surface area (Å²) in [5.74, 6) is -0.0193. The lowest BCUT2D eigenvalue weighted by atomic mass is 10.1. The fourth-order valence-electron chi connectivity index (χ4n) is 2.50. The van der Waals surface area contributed by atoms with E-state index in [1.807, 2.05) is 31.2 Å². The molecule has 17 heavy (non-hydrogen) atoms. The number of halogens is 1. The molecular formula is C13H12BrNO2. The van der Waals surface area contributed by atoms with Crippen LogP contribution in [-0.4, -0.2) is 16.7 Å². The molecule has 1 heterocycles. The first-order valence-corrected chi connectivity index (χ1v) is 6.51. The van der Waals surface area contributed by atoms with E-state index in [1.54, 1.807) is 0 Å². The quantitative estimate of drug-likeness (QED) is 0.786. The molecule has 3 atom stereocenters. The molecule has 0 N–H and O–H groups in total. The second-order valence-electron chi connectivity index (χ2n) is 4.73. The normalized spacial score (nSPS) is 28.2. The molecule has 1 saturated heterocycles. The lowest BCUT2D eigenvalue weighted by Crippen LogP contribution is -2.35. The number of carbonyl (C=O) groups is 2. The van der Waals surface area contributed by atoms with Gasteiger partial charge in [-0.05, 0) is 31.0 Å².